The highest BCUT2D eigenvalue weighted by Crippen LogP contribution is 2.38. The van der Waals surface area contributed by atoms with Crippen LogP contribution in [0, 0.1) is 0 Å². The molecule has 0 spiro atoms. The summed E-state index contributed by atoms with van der Waals surface area (Å²) in [5, 5.41) is 8.91. The molecule has 0 aromatic carbocycles. The largest absolute Gasteiger partial charge is 0.478 e. The Bertz CT molecular complexity index is 572. The van der Waals surface area contributed by atoms with E-state index in [9.17, 15) is 4.79 Å². The van der Waals surface area contributed by atoms with Crippen molar-refractivity contribution in [3.05, 3.63) is 35.1 Å². The smallest absolute Gasteiger partial charge is 0.333 e. The third-order valence-electron chi connectivity index (χ3n) is 3.22. The molecule has 1 aliphatic rings. The van der Waals surface area contributed by atoms with Gasteiger partial charge in [-0.15, -0.1) is 0 Å². The molecule has 1 N–H and O–H groups in total. The van der Waals surface area contributed by atoms with E-state index in [1.807, 2.05) is 6.92 Å². The molecular weight excluding hydrogens is 242 g/mol. The molecule has 0 aliphatic heterocycles. The molecule has 0 bridgehead atoms. The van der Waals surface area contributed by atoms with Gasteiger partial charge in [0.1, 0.15) is 5.69 Å². The second-order valence-corrected chi connectivity index (χ2v) is 4.82. The second kappa shape index (κ2) is 5.30. The fourth-order valence-corrected chi connectivity index (χ4v) is 1.68. The highest BCUT2D eigenvalue weighted by atomic mass is 16.4. The van der Waals surface area contributed by atoms with Crippen LogP contribution < -0.4 is 0 Å². The number of aromatic nitrogens is 2. The first-order valence-corrected chi connectivity index (χ1v) is 6.27. The van der Waals surface area contributed by atoms with Crippen molar-refractivity contribution in [1.82, 2.24) is 9.97 Å². The lowest BCUT2D eigenvalue weighted by atomic mass is 10.2. The average Bonchev–Trinajstić information content (AvgIpc) is 3.22. The minimum atomic E-state index is -0.952. The third-order valence-corrected chi connectivity index (χ3v) is 3.22. The number of hydrogen-bond donors (Lipinski definition) is 1. The number of allylic oxidation sites excluding steroid dienone is 1. The number of hydrogen-bond acceptors (Lipinski definition) is 4. The summed E-state index contributed by atoms with van der Waals surface area (Å²) in [6.45, 7) is 5.05. The SMILES string of the molecule is C/C(=N\C(C)=C(/C)C(=O)O)c1cncc(C2CC2)n1. The number of nitrogens with zero attached hydrogens (tertiary/aromatic N) is 3. The van der Waals surface area contributed by atoms with Gasteiger partial charge < -0.3 is 5.11 Å². The Labute approximate surface area is 112 Å². The average molecular weight is 259 g/mol. The van der Waals surface area contributed by atoms with Crippen LogP contribution in [-0.4, -0.2) is 26.8 Å². The molecule has 1 aromatic rings. The van der Waals surface area contributed by atoms with E-state index in [0.29, 0.717) is 23.0 Å². The maximum atomic E-state index is 10.9. The zero-order valence-electron chi connectivity index (χ0n) is 11.3. The van der Waals surface area contributed by atoms with Gasteiger partial charge in [-0.25, -0.2) is 9.78 Å². The molecule has 0 radical (unpaired) electrons. The molecule has 1 heterocycles. The van der Waals surface area contributed by atoms with Crippen molar-refractivity contribution in [3.8, 4) is 0 Å². The van der Waals surface area contributed by atoms with Gasteiger partial charge >= 0.3 is 5.97 Å². The van der Waals surface area contributed by atoms with Crippen LogP contribution >= 0.6 is 0 Å². The van der Waals surface area contributed by atoms with Gasteiger partial charge in [-0.1, -0.05) is 0 Å². The van der Waals surface area contributed by atoms with E-state index in [1.165, 1.54) is 12.8 Å². The van der Waals surface area contributed by atoms with E-state index in [-0.39, 0.29) is 5.57 Å². The molecule has 19 heavy (non-hydrogen) atoms. The number of rotatable bonds is 4. The normalized spacial score (nSPS) is 17.1. The highest BCUT2D eigenvalue weighted by molar-refractivity contribution is 5.98. The zero-order valence-corrected chi connectivity index (χ0v) is 11.3. The maximum Gasteiger partial charge on any atom is 0.333 e. The number of carboxylic acid groups (broad SMARTS) is 1. The Morgan fingerprint density at radius 2 is 2.00 bits per heavy atom. The molecule has 5 nitrogen and oxygen atoms in total. The number of carboxylic acids is 1. The summed E-state index contributed by atoms with van der Waals surface area (Å²) in [5.41, 5.74) is 3.13. The fraction of sp³-hybridized carbons (Fsp3) is 0.429. The minimum Gasteiger partial charge on any atom is -0.478 e. The van der Waals surface area contributed by atoms with Crippen molar-refractivity contribution < 1.29 is 9.90 Å². The standard InChI is InChI=1S/C14H17N3O2/c1-8(14(18)19)9(2)16-10(3)12-6-15-7-13(17-12)11-4-5-11/h6-7,11H,4-5H2,1-3H3,(H,18,19)/b9-8+,16-10+. The number of aliphatic imine (C=N–C) groups is 1. The fourth-order valence-electron chi connectivity index (χ4n) is 1.68. The first-order chi connectivity index (χ1) is 8.99. The molecule has 1 saturated carbocycles. The van der Waals surface area contributed by atoms with Gasteiger partial charge in [0, 0.05) is 17.8 Å². The van der Waals surface area contributed by atoms with Gasteiger partial charge in [-0.05, 0) is 33.6 Å². The monoisotopic (exact) mass is 259 g/mol. The number of aliphatic carboxylic acids is 1. The topological polar surface area (TPSA) is 75.4 Å². The van der Waals surface area contributed by atoms with Crippen LogP contribution in [0.15, 0.2) is 28.7 Å². The molecule has 1 aromatic heterocycles. The van der Waals surface area contributed by atoms with E-state index in [0.717, 1.165) is 5.69 Å². The lowest BCUT2D eigenvalue weighted by Crippen LogP contribution is -2.04. The zero-order chi connectivity index (χ0) is 14.0. The van der Waals surface area contributed by atoms with E-state index >= 15 is 0 Å². The summed E-state index contributed by atoms with van der Waals surface area (Å²) in [6.07, 6.45) is 5.80. The van der Waals surface area contributed by atoms with E-state index in [1.54, 1.807) is 26.2 Å². The highest BCUT2D eigenvalue weighted by Gasteiger charge is 2.25. The summed E-state index contributed by atoms with van der Waals surface area (Å²) in [6, 6.07) is 0. The predicted octanol–water partition coefficient (Wildman–Crippen LogP) is 2.54. The van der Waals surface area contributed by atoms with Crippen molar-refractivity contribution in [1.29, 1.82) is 0 Å². The van der Waals surface area contributed by atoms with Gasteiger partial charge in [-0.3, -0.25) is 9.98 Å². The van der Waals surface area contributed by atoms with Crippen LogP contribution in [0.4, 0.5) is 0 Å². The van der Waals surface area contributed by atoms with Crippen molar-refractivity contribution in [3.63, 3.8) is 0 Å². The minimum absolute atomic E-state index is 0.241. The molecule has 0 atom stereocenters. The lowest BCUT2D eigenvalue weighted by molar-refractivity contribution is -0.132. The van der Waals surface area contributed by atoms with Crippen LogP contribution in [0.3, 0.4) is 0 Å². The van der Waals surface area contributed by atoms with Crippen LogP contribution in [0.5, 0.6) is 0 Å². The van der Waals surface area contributed by atoms with Crippen molar-refractivity contribution in [2.24, 2.45) is 4.99 Å². The summed E-state index contributed by atoms with van der Waals surface area (Å²) in [7, 11) is 0. The second-order valence-electron chi connectivity index (χ2n) is 4.82. The van der Waals surface area contributed by atoms with E-state index in [2.05, 4.69) is 15.0 Å². The van der Waals surface area contributed by atoms with Crippen molar-refractivity contribution >= 4 is 11.7 Å². The molecule has 0 amide bonds. The molecule has 1 aliphatic carbocycles. The lowest BCUT2D eigenvalue weighted by Gasteiger charge is -2.04. The van der Waals surface area contributed by atoms with Crippen LogP contribution in [0.2, 0.25) is 0 Å². The Balaban J connectivity index is 2.28. The first kappa shape index (κ1) is 13.4. The van der Waals surface area contributed by atoms with Gasteiger partial charge in [0.25, 0.3) is 0 Å². The summed E-state index contributed by atoms with van der Waals surface area (Å²) in [4.78, 5) is 23.9. The van der Waals surface area contributed by atoms with E-state index in [4.69, 9.17) is 5.11 Å². The Hall–Kier alpha value is -2.04. The molecule has 2 rings (SSSR count). The van der Waals surface area contributed by atoms with Gasteiger partial charge in [0.15, 0.2) is 0 Å². The predicted molar refractivity (Wildman–Crippen MR) is 72.2 cm³/mol. The quantitative estimate of drug-likeness (QED) is 0.666. The molecule has 1 fully saturated rings. The molecule has 5 heteroatoms. The van der Waals surface area contributed by atoms with Crippen LogP contribution in [-0.2, 0) is 4.79 Å². The van der Waals surface area contributed by atoms with Crippen LogP contribution in [0.1, 0.15) is 50.9 Å². The molecular formula is C14H17N3O2. The van der Waals surface area contributed by atoms with E-state index < -0.39 is 5.97 Å². The summed E-state index contributed by atoms with van der Waals surface area (Å²) < 4.78 is 0. The third kappa shape index (κ3) is 3.24. The van der Waals surface area contributed by atoms with Crippen LogP contribution in [0.25, 0.3) is 0 Å². The van der Waals surface area contributed by atoms with Crippen molar-refractivity contribution in [2.45, 2.75) is 39.5 Å². The Morgan fingerprint density at radius 3 is 2.58 bits per heavy atom. The van der Waals surface area contributed by atoms with Gasteiger partial charge in [-0.2, -0.15) is 0 Å². The molecule has 100 valence electrons. The molecule has 0 saturated heterocycles. The Morgan fingerprint density at radius 1 is 1.32 bits per heavy atom. The first-order valence-electron chi connectivity index (χ1n) is 6.27. The Kier molecular flexibility index (Phi) is 3.74. The summed E-state index contributed by atoms with van der Waals surface area (Å²) in [5.74, 6) is -0.412. The van der Waals surface area contributed by atoms with Gasteiger partial charge in [0.2, 0.25) is 0 Å². The molecule has 0 unspecified atom stereocenters. The van der Waals surface area contributed by atoms with Gasteiger partial charge in [0.05, 0.1) is 23.2 Å². The summed E-state index contributed by atoms with van der Waals surface area (Å²) >= 11 is 0. The maximum absolute atomic E-state index is 10.9. The van der Waals surface area contributed by atoms with Crippen molar-refractivity contribution in [2.75, 3.05) is 0 Å². The number of carbonyl (C=O) groups is 1.